The van der Waals surface area contributed by atoms with Crippen molar-refractivity contribution >= 4 is 11.6 Å². The Balaban J connectivity index is 2.29. The summed E-state index contributed by atoms with van der Waals surface area (Å²) in [6.07, 6.45) is -4.15. The molecule has 0 aliphatic carbocycles. The first-order chi connectivity index (χ1) is 13.2. The lowest BCUT2D eigenvalue weighted by Gasteiger charge is -2.13. The van der Waals surface area contributed by atoms with E-state index in [4.69, 9.17) is 9.47 Å². The SMILES string of the molecule is COCCCNC(=O)c1ccccc1Oc1ccc(C(F)(F)F)cc1[N+](=O)[O-]. The van der Waals surface area contributed by atoms with E-state index < -0.39 is 34.0 Å². The quantitative estimate of drug-likeness (QED) is 0.409. The first-order valence-electron chi connectivity index (χ1n) is 8.13. The van der Waals surface area contributed by atoms with E-state index in [1.165, 1.54) is 25.3 Å². The third-order valence-corrected chi connectivity index (χ3v) is 3.65. The monoisotopic (exact) mass is 398 g/mol. The second-order valence-electron chi connectivity index (χ2n) is 5.64. The van der Waals surface area contributed by atoms with Gasteiger partial charge in [0.05, 0.1) is 16.1 Å². The van der Waals surface area contributed by atoms with E-state index in [-0.39, 0.29) is 11.3 Å². The molecular formula is C18H17F3N2O5. The minimum atomic E-state index is -4.73. The van der Waals surface area contributed by atoms with Crippen LogP contribution in [0.25, 0.3) is 0 Å². The zero-order valence-electron chi connectivity index (χ0n) is 14.8. The number of amides is 1. The van der Waals surface area contributed by atoms with Crippen LogP contribution in [0.4, 0.5) is 18.9 Å². The predicted octanol–water partition coefficient (Wildman–Crippen LogP) is 4.17. The van der Waals surface area contributed by atoms with E-state index in [1.807, 2.05) is 0 Å². The molecule has 0 heterocycles. The molecular weight excluding hydrogens is 381 g/mol. The van der Waals surface area contributed by atoms with Gasteiger partial charge in [-0.05, 0) is 30.7 Å². The van der Waals surface area contributed by atoms with Crippen molar-refractivity contribution in [3.05, 3.63) is 63.7 Å². The van der Waals surface area contributed by atoms with Gasteiger partial charge < -0.3 is 14.8 Å². The Morgan fingerprint density at radius 2 is 1.89 bits per heavy atom. The normalized spacial score (nSPS) is 11.1. The molecule has 0 saturated carbocycles. The number of halogens is 3. The van der Waals surface area contributed by atoms with Crippen LogP contribution < -0.4 is 10.1 Å². The highest BCUT2D eigenvalue weighted by Gasteiger charge is 2.33. The number of nitro groups is 1. The van der Waals surface area contributed by atoms with Crippen molar-refractivity contribution in [2.24, 2.45) is 0 Å². The summed E-state index contributed by atoms with van der Waals surface area (Å²) in [5.41, 5.74) is -1.94. The first-order valence-corrected chi connectivity index (χ1v) is 8.13. The van der Waals surface area contributed by atoms with Crippen LogP contribution in [-0.2, 0) is 10.9 Å². The summed E-state index contributed by atoms with van der Waals surface area (Å²) in [6, 6.07) is 7.86. The lowest BCUT2D eigenvalue weighted by atomic mass is 10.1. The third-order valence-electron chi connectivity index (χ3n) is 3.65. The Morgan fingerprint density at radius 1 is 1.18 bits per heavy atom. The van der Waals surface area contributed by atoms with E-state index >= 15 is 0 Å². The average Bonchev–Trinajstić information content (AvgIpc) is 2.64. The molecule has 0 aliphatic rings. The van der Waals surface area contributed by atoms with E-state index in [0.29, 0.717) is 31.7 Å². The zero-order chi connectivity index (χ0) is 20.7. The number of ether oxygens (including phenoxy) is 2. The molecule has 1 amide bonds. The Morgan fingerprint density at radius 3 is 2.54 bits per heavy atom. The van der Waals surface area contributed by atoms with Gasteiger partial charge in [-0.1, -0.05) is 12.1 Å². The van der Waals surface area contributed by atoms with Gasteiger partial charge in [-0.25, -0.2) is 0 Å². The number of methoxy groups -OCH3 is 1. The van der Waals surface area contributed by atoms with Crippen molar-refractivity contribution in [3.8, 4) is 11.5 Å². The molecule has 0 atom stereocenters. The number of alkyl halides is 3. The highest BCUT2D eigenvalue weighted by molar-refractivity contribution is 5.97. The number of carbonyl (C=O) groups excluding carboxylic acids is 1. The molecule has 0 saturated heterocycles. The van der Waals surface area contributed by atoms with Crippen molar-refractivity contribution in [1.82, 2.24) is 5.32 Å². The summed E-state index contributed by atoms with van der Waals surface area (Å²) < 4.78 is 48.7. The van der Waals surface area contributed by atoms with Crippen LogP contribution in [-0.4, -0.2) is 31.1 Å². The van der Waals surface area contributed by atoms with E-state index in [2.05, 4.69) is 5.32 Å². The number of nitrogens with one attached hydrogen (secondary N) is 1. The van der Waals surface area contributed by atoms with E-state index in [9.17, 15) is 28.1 Å². The summed E-state index contributed by atoms with van der Waals surface area (Å²) in [5, 5.41) is 13.8. The van der Waals surface area contributed by atoms with Crippen molar-refractivity contribution in [2.75, 3.05) is 20.3 Å². The molecule has 0 aromatic heterocycles. The molecule has 1 N–H and O–H groups in total. The number of carbonyl (C=O) groups is 1. The third kappa shape index (κ3) is 5.43. The molecule has 0 fully saturated rings. The fraction of sp³-hybridized carbons (Fsp3) is 0.278. The minimum absolute atomic E-state index is 0.0189. The molecule has 0 spiro atoms. The van der Waals surface area contributed by atoms with Crippen LogP contribution >= 0.6 is 0 Å². The molecule has 2 rings (SSSR count). The molecule has 2 aromatic carbocycles. The predicted molar refractivity (Wildman–Crippen MR) is 93.4 cm³/mol. The van der Waals surface area contributed by atoms with Crippen molar-refractivity contribution < 1.29 is 32.4 Å². The molecule has 0 radical (unpaired) electrons. The smallest absolute Gasteiger partial charge is 0.416 e. The van der Waals surface area contributed by atoms with Gasteiger partial charge in [0.2, 0.25) is 5.75 Å². The first kappa shape index (κ1) is 21.2. The van der Waals surface area contributed by atoms with Crippen LogP contribution in [0.1, 0.15) is 22.3 Å². The number of nitrogens with zero attached hydrogens (tertiary/aromatic N) is 1. The molecule has 28 heavy (non-hydrogen) atoms. The van der Waals surface area contributed by atoms with Gasteiger partial charge in [0.25, 0.3) is 5.91 Å². The molecule has 150 valence electrons. The van der Waals surface area contributed by atoms with Crippen LogP contribution in [0.5, 0.6) is 11.5 Å². The van der Waals surface area contributed by atoms with Crippen LogP contribution in [0.3, 0.4) is 0 Å². The fourth-order valence-corrected chi connectivity index (χ4v) is 2.30. The van der Waals surface area contributed by atoms with Gasteiger partial charge in [0.1, 0.15) is 5.75 Å². The molecule has 0 unspecified atom stereocenters. The van der Waals surface area contributed by atoms with Crippen molar-refractivity contribution in [3.63, 3.8) is 0 Å². The zero-order valence-corrected chi connectivity index (χ0v) is 14.8. The van der Waals surface area contributed by atoms with Gasteiger partial charge in [-0.2, -0.15) is 13.2 Å². The second-order valence-corrected chi connectivity index (χ2v) is 5.64. The maximum Gasteiger partial charge on any atom is 0.416 e. The number of nitro benzene ring substituents is 1. The van der Waals surface area contributed by atoms with Crippen LogP contribution in [0.2, 0.25) is 0 Å². The van der Waals surface area contributed by atoms with Crippen molar-refractivity contribution in [2.45, 2.75) is 12.6 Å². The summed E-state index contributed by atoms with van der Waals surface area (Å²) in [5.74, 6) is -0.909. The summed E-state index contributed by atoms with van der Waals surface area (Å²) >= 11 is 0. The Kier molecular flexibility index (Phi) is 6.94. The molecule has 2 aromatic rings. The average molecular weight is 398 g/mol. The minimum Gasteiger partial charge on any atom is -0.449 e. The standard InChI is InChI=1S/C18H17F3N2O5/c1-27-10-4-9-22-17(24)13-5-2-3-6-15(13)28-16-8-7-12(18(19,20)21)11-14(16)23(25)26/h2-3,5-8,11H,4,9-10H2,1H3,(H,22,24). The number of para-hydroxylation sites is 1. The molecule has 0 aliphatic heterocycles. The van der Waals surface area contributed by atoms with Gasteiger partial charge in [-0.15, -0.1) is 0 Å². The molecule has 10 heteroatoms. The Hall–Kier alpha value is -3.14. The maximum atomic E-state index is 12.8. The van der Waals surface area contributed by atoms with E-state index in [0.717, 1.165) is 6.07 Å². The van der Waals surface area contributed by atoms with Gasteiger partial charge in [0, 0.05) is 26.3 Å². The highest BCUT2D eigenvalue weighted by atomic mass is 19.4. The topological polar surface area (TPSA) is 90.7 Å². The second kappa shape index (κ2) is 9.18. The summed E-state index contributed by atoms with van der Waals surface area (Å²) in [4.78, 5) is 22.5. The van der Waals surface area contributed by atoms with Gasteiger partial charge in [0.15, 0.2) is 0 Å². The summed E-state index contributed by atoms with van der Waals surface area (Å²) in [7, 11) is 1.53. The fourth-order valence-electron chi connectivity index (χ4n) is 2.30. The maximum absolute atomic E-state index is 12.8. The molecule has 0 bridgehead atoms. The van der Waals surface area contributed by atoms with Crippen molar-refractivity contribution in [1.29, 1.82) is 0 Å². The number of hydrogen-bond acceptors (Lipinski definition) is 5. The van der Waals surface area contributed by atoms with Crippen LogP contribution in [0.15, 0.2) is 42.5 Å². The number of hydrogen-bond donors (Lipinski definition) is 1. The number of benzene rings is 2. The molecule has 7 nitrogen and oxygen atoms in total. The highest BCUT2D eigenvalue weighted by Crippen LogP contribution is 2.38. The lowest BCUT2D eigenvalue weighted by molar-refractivity contribution is -0.385. The Bertz CT molecular complexity index is 855. The lowest BCUT2D eigenvalue weighted by Crippen LogP contribution is -2.25. The van der Waals surface area contributed by atoms with Gasteiger partial charge >= 0.3 is 11.9 Å². The van der Waals surface area contributed by atoms with Crippen LogP contribution in [0, 0.1) is 10.1 Å². The Labute approximate surface area is 158 Å². The number of rotatable bonds is 8. The van der Waals surface area contributed by atoms with Gasteiger partial charge in [-0.3, -0.25) is 14.9 Å². The largest absolute Gasteiger partial charge is 0.449 e. The summed E-state index contributed by atoms with van der Waals surface area (Å²) in [6.45, 7) is 0.789. The van der Waals surface area contributed by atoms with E-state index in [1.54, 1.807) is 6.07 Å².